The number of nitrogen functional groups attached to an aromatic ring is 1. The van der Waals surface area contributed by atoms with Crippen LogP contribution in [0.5, 0.6) is 0 Å². The van der Waals surface area contributed by atoms with Gasteiger partial charge in [-0.25, -0.2) is 8.78 Å². The van der Waals surface area contributed by atoms with Gasteiger partial charge < -0.3 is 15.4 Å². The monoisotopic (exact) mass is 244 g/mol. The molecule has 0 heterocycles. The Kier molecular flexibility index (Phi) is 4.69. The molecule has 0 unspecified atom stereocenters. The third-order valence-corrected chi connectivity index (χ3v) is 2.36. The number of likely N-dealkylation sites (N-methyl/N-ethyl adjacent to an activating group) is 1. The molecule has 0 amide bonds. The molecule has 3 nitrogen and oxygen atoms in total. The molecule has 2 N–H and O–H groups in total. The molecule has 0 aromatic heterocycles. The number of hydrogen-bond donors (Lipinski definition) is 1. The van der Waals surface area contributed by atoms with Gasteiger partial charge in [-0.05, 0) is 26.0 Å². The Morgan fingerprint density at radius 2 is 2.00 bits per heavy atom. The maximum atomic E-state index is 13.6. The lowest BCUT2D eigenvalue weighted by Gasteiger charge is -2.22. The van der Waals surface area contributed by atoms with E-state index in [2.05, 4.69) is 0 Å². The Hall–Kier alpha value is -1.36. The summed E-state index contributed by atoms with van der Waals surface area (Å²) in [5, 5.41) is 0. The van der Waals surface area contributed by atoms with Gasteiger partial charge >= 0.3 is 0 Å². The minimum atomic E-state index is -0.919. The Morgan fingerprint density at radius 3 is 2.59 bits per heavy atom. The third-order valence-electron chi connectivity index (χ3n) is 2.36. The smallest absolute Gasteiger partial charge is 0.184 e. The molecule has 0 spiro atoms. The fourth-order valence-corrected chi connectivity index (χ4v) is 1.48. The maximum Gasteiger partial charge on any atom is 0.184 e. The molecular weight excluding hydrogens is 226 g/mol. The Bertz CT molecular complexity index is 383. The molecule has 0 aliphatic heterocycles. The maximum absolute atomic E-state index is 13.6. The summed E-state index contributed by atoms with van der Waals surface area (Å²) in [6, 6.07) is 2.38. The largest absolute Gasteiger partial charge is 0.397 e. The summed E-state index contributed by atoms with van der Waals surface area (Å²) in [7, 11) is 1.65. The van der Waals surface area contributed by atoms with Crippen LogP contribution in [0.1, 0.15) is 13.8 Å². The lowest BCUT2D eigenvalue weighted by molar-refractivity contribution is 0.0845. The lowest BCUT2D eigenvalue weighted by atomic mass is 10.2. The lowest BCUT2D eigenvalue weighted by Crippen LogP contribution is -2.26. The van der Waals surface area contributed by atoms with Crippen molar-refractivity contribution >= 4 is 11.4 Å². The second-order valence-corrected chi connectivity index (χ2v) is 4.14. The number of benzene rings is 1. The van der Waals surface area contributed by atoms with Gasteiger partial charge in [0, 0.05) is 13.6 Å². The van der Waals surface area contributed by atoms with Gasteiger partial charge in [-0.2, -0.15) is 0 Å². The molecule has 0 aliphatic carbocycles. The van der Waals surface area contributed by atoms with Gasteiger partial charge in [-0.3, -0.25) is 0 Å². The number of nitrogens with two attached hydrogens (primary N) is 1. The quantitative estimate of drug-likeness (QED) is 0.808. The number of rotatable bonds is 5. The molecule has 0 saturated carbocycles. The molecule has 0 atom stereocenters. The first-order valence-electron chi connectivity index (χ1n) is 5.49. The minimum Gasteiger partial charge on any atom is -0.397 e. The van der Waals surface area contributed by atoms with Crippen molar-refractivity contribution in [2.45, 2.75) is 20.0 Å². The van der Waals surface area contributed by atoms with Crippen LogP contribution in [0.4, 0.5) is 20.2 Å². The summed E-state index contributed by atoms with van der Waals surface area (Å²) >= 11 is 0. The second-order valence-electron chi connectivity index (χ2n) is 4.14. The molecular formula is C12H18F2N2O. The van der Waals surface area contributed by atoms with Crippen molar-refractivity contribution in [2.24, 2.45) is 0 Å². The van der Waals surface area contributed by atoms with E-state index in [4.69, 9.17) is 10.5 Å². The van der Waals surface area contributed by atoms with Crippen LogP contribution < -0.4 is 10.6 Å². The molecule has 0 fully saturated rings. The first-order chi connectivity index (χ1) is 7.93. The fraction of sp³-hybridized carbons (Fsp3) is 0.500. The van der Waals surface area contributed by atoms with Crippen LogP contribution in [-0.4, -0.2) is 26.3 Å². The van der Waals surface area contributed by atoms with Gasteiger partial charge in [0.2, 0.25) is 0 Å². The highest BCUT2D eigenvalue weighted by atomic mass is 19.2. The van der Waals surface area contributed by atoms with Crippen molar-refractivity contribution in [3.8, 4) is 0 Å². The van der Waals surface area contributed by atoms with Crippen LogP contribution in [0.2, 0.25) is 0 Å². The van der Waals surface area contributed by atoms with E-state index >= 15 is 0 Å². The normalized spacial score (nSPS) is 10.9. The molecule has 1 rings (SSSR count). The van der Waals surface area contributed by atoms with E-state index in [0.717, 1.165) is 6.07 Å². The second kappa shape index (κ2) is 5.82. The molecule has 0 radical (unpaired) electrons. The SMILES string of the molecule is CC(C)OCCN(C)c1c(N)ccc(F)c1F. The summed E-state index contributed by atoms with van der Waals surface area (Å²) in [4.78, 5) is 1.55. The predicted molar refractivity (Wildman–Crippen MR) is 65.1 cm³/mol. The van der Waals surface area contributed by atoms with Crippen molar-refractivity contribution in [1.29, 1.82) is 0 Å². The molecule has 5 heteroatoms. The third kappa shape index (κ3) is 3.56. The molecule has 96 valence electrons. The van der Waals surface area contributed by atoms with E-state index in [9.17, 15) is 8.78 Å². The number of anilines is 2. The molecule has 17 heavy (non-hydrogen) atoms. The highest BCUT2D eigenvalue weighted by molar-refractivity contribution is 5.68. The summed E-state index contributed by atoms with van der Waals surface area (Å²) in [5.74, 6) is -1.82. The topological polar surface area (TPSA) is 38.5 Å². The van der Waals surface area contributed by atoms with Crippen molar-refractivity contribution in [3.05, 3.63) is 23.8 Å². The average Bonchev–Trinajstić information content (AvgIpc) is 2.23. The molecule has 0 bridgehead atoms. The van der Waals surface area contributed by atoms with Gasteiger partial charge in [0.05, 0.1) is 24.1 Å². The summed E-state index contributed by atoms with van der Waals surface area (Å²) in [6.45, 7) is 4.71. The van der Waals surface area contributed by atoms with Crippen molar-refractivity contribution in [1.82, 2.24) is 0 Å². The molecule has 1 aromatic rings. The zero-order chi connectivity index (χ0) is 13.0. The van der Waals surface area contributed by atoms with Crippen molar-refractivity contribution in [2.75, 3.05) is 30.8 Å². The first-order valence-corrected chi connectivity index (χ1v) is 5.49. The van der Waals surface area contributed by atoms with E-state index < -0.39 is 11.6 Å². The number of nitrogens with zero attached hydrogens (tertiary/aromatic N) is 1. The van der Waals surface area contributed by atoms with Gasteiger partial charge in [0.15, 0.2) is 11.6 Å². The van der Waals surface area contributed by atoms with E-state index in [1.807, 2.05) is 13.8 Å². The predicted octanol–water partition coefficient (Wildman–Crippen LogP) is 2.41. The number of ether oxygens (including phenoxy) is 1. The highest BCUT2D eigenvalue weighted by Crippen LogP contribution is 2.27. The van der Waals surface area contributed by atoms with Gasteiger partial charge in [0.1, 0.15) is 0 Å². The van der Waals surface area contributed by atoms with Crippen LogP contribution in [-0.2, 0) is 4.74 Å². The number of halogens is 2. The van der Waals surface area contributed by atoms with Crippen LogP contribution >= 0.6 is 0 Å². The molecule has 0 aliphatic rings. The van der Waals surface area contributed by atoms with Gasteiger partial charge in [-0.15, -0.1) is 0 Å². The number of hydrogen-bond acceptors (Lipinski definition) is 3. The zero-order valence-corrected chi connectivity index (χ0v) is 10.3. The van der Waals surface area contributed by atoms with Crippen LogP contribution in [0.15, 0.2) is 12.1 Å². The fourth-order valence-electron chi connectivity index (χ4n) is 1.48. The summed E-state index contributed by atoms with van der Waals surface area (Å²) in [5.41, 5.74) is 5.93. The summed E-state index contributed by atoms with van der Waals surface area (Å²) < 4.78 is 32.0. The Balaban J connectivity index is 2.74. The van der Waals surface area contributed by atoms with E-state index in [0.29, 0.717) is 13.2 Å². The Morgan fingerprint density at radius 1 is 1.35 bits per heavy atom. The van der Waals surface area contributed by atoms with E-state index in [1.165, 1.54) is 6.07 Å². The summed E-state index contributed by atoms with van der Waals surface area (Å²) in [6.07, 6.45) is 0.109. The minimum absolute atomic E-state index is 0.0809. The average molecular weight is 244 g/mol. The standard InChI is InChI=1S/C12H18F2N2O/c1-8(2)17-7-6-16(3)12-10(15)5-4-9(13)11(12)14/h4-5,8H,6-7,15H2,1-3H3. The first kappa shape index (κ1) is 13.7. The van der Waals surface area contributed by atoms with Gasteiger partial charge in [0.25, 0.3) is 0 Å². The van der Waals surface area contributed by atoms with Crippen molar-refractivity contribution in [3.63, 3.8) is 0 Å². The van der Waals surface area contributed by atoms with Crippen LogP contribution in [0.3, 0.4) is 0 Å². The van der Waals surface area contributed by atoms with E-state index in [-0.39, 0.29) is 17.5 Å². The highest BCUT2D eigenvalue weighted by Gasteiger charge is 2.15. The Labute approximate surface area is 100 Å². The van der Waals surface area contributed by atoms with E-state index in [1.54, 1.807) is 11.9 Å². The molecule has 1 aromatic carbocycles. The van der Waals surface area contributed by atoms with Crippen LogP contribution in [0.25, 0.3) is 0 Å². The molecule has 0 saturated heterocycles. The van der Waals surface area contributed by atoms with Crippen molar-refractivity contribution < 1.29 is 13.5 Å². The van der Waals surface area contributed by atoms with Crippen LogP contribution in [0, 0.1) is 11.6 Å². The van der Waals surface area contributed by atoms with Gasteiger partial charge in [-0.1, -0.05) is 0 Å². The zero-order valence-electron chi connectivity index (χ0n) is 10.3.